The number of hydrogen-bond donors (Lipinski definition) is 0. The molecule has 0 aliphatic heterocycles. The molecule has 0 radical (unpaired) electrons. The van der Waals surface area contributed by atoms with Crippen molar-refractivity contribution in [2.75, 3.05) is 13.1 Å². The van der Waals surface area contributed by atoms with E-state index in [2.05, 4.69) is 97.8 Å². The van der Waals surface area contributed by atoms with Gasteiger partial charge in [0.15, 0.2) is 0 Å². The minimum absolute atomic E-state index is 0.168. The lowest BCUT2D eigenvalue weighted by Gasteiger charge is -2.40. The fraction of sp³-hybridized carbons (Fsp3) is 0.739. The van der Waals surface area contributed by atoms with Crippen LogP contribution in [0, 0.1) is 5.41 Å². The Kier molecular flexibility index (Phi) is 7.66. The molecule has 0 N–H and O–H groups in total. The third-order valence-electron chi connectivity index (χ3n) is 6.10. The average Bonchev–Trinajstić information content (AvgIpc) is 2.51. The molecule has 0 heterocycles. The molecule has 2 heteroatoms. The highest BCUT2D eigenvalue weighted by atomic mass is 32.2. The minimum Gasteiger partial charge on any atom is -0.251 e. The highest BCUT2D eigenvalue weighted by molar-refractivity contribution is 7.97. The zero-order valence-electron chi connectivity index (χ0n) is 18.4. The van der Waals surface area contributed by atoms with Crippen LogP contribution < -0.4 is 0 Å². The van der Waals surface area contributed by atoms with E-state index >= 15 is 0 Å². The second kappa shape index (κ2) is 8.48. The second-order valence-electron chi connectivity index (χ2n) is 9.57. The zero-order valence-corrected chi connectivity index (χ0v) is 19.2. The fourth-order valence-corrected chi connectivity index (χ4v) is 4.57. The Hall–Kier alpha value is -0.470. The van der Waals surface area contributed by atoms with Gasteiger partial charge in [-0.2, -0.15) is 0 Å². The van der Waals surface area contributed by atoms with E-state index in [1.165, 1.54) is 17.5 Å². The Labute approximate surface area is 162 Å². The molecular weight excluding hydrogens is 322 g/mol. The van der Waals surface area contributed by atoms with Gasteiger partial charge in [-0.15, -0.1) is 0 Å². The molecule has 1 nitrogen and oxygen atoms in total. The smallest absolute Gasteiger partial charge is 0.0175 e. The largest absolute Gasteiger partial charge is 0.251 e. The molecular formula is C23H41NS. The molecule has 0 amide bonds. The van der Waals surface area contributed by atoms with Gasteiger partial charge < -0.3 is 0 Å². The molecule has 25 heavy (non-hydrogen) atoms. The van der Waals surface area contributed by atoms with E-state index < -0.39 is 0 Å². The van der Waals surface area contributed by atoms with Gasteiger partial charge in [0.1, 0.15) is 0 Å². The molecule has 1 atom stereocenters. The molecule has 0 aliphatic carbocycles. The Balaban J connectivity index is 2.90. The van der Waals surface area contributed by atoms with Crippen molar-refractivity contribution < 1.29 is 0 Å². The maximum atomic E-state index is 2.45. The summed E-state index contributed by atoms with van der Waals surface area (Å²) in [6.45, 7) is 25.5. The quantitative estimate of drug-likeness (QED) is 0.455. The van der Waals surface area contributed by atoms with Crippen LogP contribution in [0.3, 0.4) is 0 Å². The lowest BCUT2D eigenvalue weighted by atomic mass is 9.65. The van der Waals surface area contributed by atoms with E-state index in [1.807, 2.05) is 11.9 Å². The summed E-state index contributed by atoms with van der Waals surface area (Å²) in [5.74, 6) is 0. The molecule has 0 aliphatic rings. The summed E-state index contributed by atoms with van der Waals surface area (Å²) in [6.07, 6.45) is 1.19. The molecule has 1 rings (SSSR count). The molecule has 1 aromatic rings. The highest BCUT2D eigenvalue weighted by Gasteiger charge is 2.34. The first-order chi connectivity index (χ1) is 11.3. The van der Waals surface area contributed by atoms with Crippen LogP contribution in [-0.4, -0.2) is 22.6 Å². The van der Waals surface area contributed by atoms with Gasteiger partial charge in [0, 0.05) is 18.3 Å². The third kappa shape index (κ3) is 5.76. The Morgan fingerprint density at radius 1 is 0.840 bits per heavy atom. The summed E-state index contributed by atoms with van der Waals surface area (Å²) in [7, 11) is 0. The molecule has 1 unspecified atom stereocenters. The van der Waals surface area contributed by atoms with Crippen LogP contribution in [0.25, 0.3) is 0 Å². The van der Waals surface area contributed by atoms with E-state index in [0.717, 1.165) is 13.1 Å². The average molecular weight is 364 g/mol. The molecule has 144 valence electrons. The monoisotopic (exact) mass is 363 g/mol. The van der Waals surface area contributed by atoms with Crippen molar-refractivity contribution in [2.45, 2.75) is 91.7 Å². The first kappa shape index (κ1) is 22.6. The number of benzene rings is 1. The van der Waals surface area contributed by atoms with Crippen LogP contribution in [0.15, 0.2) is 24.3 Å². The summed E-state index contributed by atoms with van der Waals surface area (Å²) in [4.78, 5) is 0. The predicted octanol–water partition coefficient (Wildman–Crippen LogP) is 7.06. The summed E-state index contributed by atoms with van der Waals surface area (Å²) in [6, 6.07) is 9.42. The van der Waals surface area contributed by atoms with E-state index in [-0.39, 0.29) is 16.2 Å². The van der Waals surface area contributed by atoms with Crippen molar-refractivity contribution in [2.24, 2.45) is 5.41 Å². The predicted molar refractivity (Wildman–Crippen MR) is 117 cm³/mol. The second-order valence-corrected chi connectivity index (χ2v) is 11.1. The first-order valence-corrected chi connectivity index (χ1v) is 10.7. The van der Waals surface area contributed by atoms with Gasteiger partial charge in [0.05, 0.1) is 0 Å². The number of nitrogens with zero attached hydrogens (tertiary/aromatic N) is 1. The lowest BCUT2D eigenvalue weighted by Crippen LogP contribution is -2.34. The summed E-state index contributed by atoms with van der Waals surface area (Å²) >= 11 is 2.01. The Morgan fingerprint density at radius 2 is 1.28 bits per heavy atom. The zero-order chi connectivity index (χ0) is 19.5. The molecule has 0 saturated heterocycles. The van der Waals surface area contributed by atoms with Gasteiger partial charge in [0.25, 0.3) is 0 Å². The highest BCUT2D eigenvalue weighted by Crippen LogP contribution is 2.41. The molecule has 0 fully saturated rings. The van der Waals surface area contributed by atoms with Crippen molar-refractivity contribution in [3.63, 3.8) is 0 Å². The van der Waals surface area contributed by atoms with Crippen LogP contribution in [0.1, 0.15) is 86.8 Å². The van der Waals surface area contributed by atoms with Crippen molar-refractivity contribution in [1.29, 1.82) is 0 Å². The van der Waals surface area contributed by atoms with Crippen LogP contribution in [0.2, 0.25) is 0 Å². The molecule has 1 aromatic carbocycles. The van der Waals surface area contributed by atoms with Crippen LogP contribution in [0.5, 0.6) is 0 Å². The maximum Gasteiger partial charge on any atom is 0.0175 e. The van der Waals surface area contributed by atoms with E-state index in [9.17, 15) is 0 Å². The van der Waals surface area contributed by atoms with Crippen LogP contribution in [0.4, 0.5) is 0 Å². The van der Waals surface area contributed by atoms with E-state index in [0.29, 0.717) is 5.25 Å². The Morgan fingerprint density at radius 3 is 1.68 bits per heavy atom. The lowest BCUT2D eigenvalue weighted by molar-refractivity contribution is 0.225. The fourth-order valence-electron chi connectivity index (χ4n) is 3.27. The van der Waals surface area contributed by atoms with Crippen molar-refractivity contribution >= 4 is 11.9 Å². The maximum absolute atomic E-state index is 2.45. The van der Waals surface area contributed by atoms with Gasteiger partial charge in [0.2, 0.25) is 0 Å². The summed E-state index contributed by atoms with van der Waals surface area (Å²) in [5, 5.41) is 0.626. The molecule has 0 bridgehead atoms. The van der Waals surface area contributed by atoms with Gasteiger partial charge in [-0.1, -0.05) is 105 Å². The van der Waals surface area contributed by atoms with Gasteiger partial charge >= 0.3 is 0 Å². The summed E-state index contributed by atoms with van der Waals surface area (Å²) < 4.78 is 2.45. The van der Waals surface area contributed by atoms with E-state index in [1.54, 1.807) is 0 Å². The van der Waals surface area contributed by atoms with Crippen molar-refractivity contribution in [1.82, 2.24) is 4.31 Å². The molecule has 0 spiro atoms. The number of rotatable bonds is 8. The summed E-state index contributed by atoms with van der Waals surface area (Å²) in [5.41, 5.74) is 3.50. The third-order valence-corrected chi connectivity index (χ3v) is 7.44. The van der Waals surface area contributed by atoms with Gasteiger partial charge in [-0.3, -0.25) is 4.31 Å². The van der Waals surface area contributed by atoms with Gasteiger partial charge in [-0.25, -0.2) is 0 Å². The standard InChI is InChI=1S/C23H41NS/c1-11-24(12-2)25-18(3)17-22(7,8)19-13-15-20(16-14-19)23(9,10)21(4,5)6/h13-16,18H,11-12,17H2,1-10H3. The SMILES string of the molecule is CCN(CC)SC(C)CC(C)(C)c1ccc(C(C)(C)C(C)(C)C)cc1. The molecule has 0 saturated carbocycles. The molecule has 0 aromatic heterocycles. The topological polar surface area (TPSA) is 3.24 Å². The van der Waals surface area contributed by atoms with E-state index in [4.69, 9.17) is 0 Å². The van der Waals surface area contributed by atoms with Crippen LogP contribution >= 0.6 is 11.9 Å². The van der Waals surface area contributed by atoms with Crippen molar-refractivity contribution in [3.05, 3.63) is 35.4 Å². The minimum atomic E-state index is 0.168. The number of hydrogen-bond acceptors (Lipinski definition) is 2. The van der Waals surface area contributed by atoms with Gasteiger partial charge in [-0.05, 0) is 33.8 Å². The van der Waals surface area contributed by atoms with Crippen LogP contribution in [-0.2, 0) is 10.8 Å². The normalized spacial score (nSPS) is 14.8. The Bertz CT molecular complexity index is 518. The first-order valence-electron chi connectivity index (χ1n) is 9.88. The van der Waals surface area contributed by atoms with Crippen molar-refractivity contribution in [3.8, 4) is 0 Å².